The molecule has 0 spiro atoms. The fourth-order valence-electron chi connectivity index (χ4n) is 1.02. The zero-order chi connectivity index (χ0) is 7.56. The molecule has 0 unspecified atom stereocenters. The normalized spacial score (nSPS) is 23.4. The number of amides is 1. The number of rotatable bonds is 1. The smallest absolute Gasteiger partial charge is 0.246 e. The zero-order valence-electron chi connectivity index (χ0n) is 6.29. The highest BCUT2D eigenvalue weighted by Crippen LogP contribution is 2.12. The lowest BCUT2D eigenvalue weighted by Gasteiger charge is -1.95. The van der Waals surface area contributed by atoms with Gasteiger partial charge in [0.2, 0.25) is 5.91 Å². The van der Waals surface area contributed by atoms with Gasteiger partial charge in [-0.25, -0.2) is 4.99 Å². The average molecular weight is 137 g/mol. The van der Waals surface area contributed by atoms with Gasteiger partial charge in [0.1, 0.15) is 0 Å². The Morgan fingerprint density at radius 1 is 1.80 bits per heavy atom. The van der Waals surface area contributed by atoms with Crippen LogP contribution in [0.5, 0.6) is 0 Å². The monoisotopic (exact) mass is 137 g/mol. The van der Waals surface area contributed by atoms with Crippen LogP contribution in [0, 0.1) is 5.92 Å². The largest absolute Gasteiger partial charge is 0.273 e. The molecule has 0 aromatic carbocycles. The van der Waals surface area contributed by atoms with E-state index in [1.807, 2.05) is 13.8 Å². The lowest BCUT2D eigenvalue weighted by atomic mass is 10.1. The Labute approximate surface area is 60.7 Å². The molecule has 1 heterocycles. The van der Waals surface area contributed by atoms with Gasteiger partial charge in [0, 0.05) is 18.6 Å². The van der Waals surface area contributed by atoms with Crippen molar-refractivity contribution in [3.05, 3.63) is 11.6 Å². The molecule has 1 aliphatic rings. The number of hydrogen-bond acceptors (Lipinski definition) is 1. The van der Waals surface area contributed by atoms with Crippen LogP contribution in [0.25, 0.3) is 0 Å². The molecule has 0 aromatic rings. The summed E-state index contributed by atoms with van der Waals surface area (Å²) in [6.07, 6.45) is 4.34. The number of carbonyl (C=O) groups is 1. The number of carbonyl (C=O) groups excluding carboxylic acids is 1. The van der Waals surface area contributed by atoms with Crippen LogP contribution in [-0.4, -0.2) is 12.1 Å². The van der Waals surface area contributed by atoms with Gasteiger partial charge in [-0.05, 0) is 13.8 Å². The Morgan fingerprint density at radius 3 is 2.90 bits per heavy atom. The van der Waals surface area contributed by atoms with E-state index in [1.165, 1.54) is 5.57 Å². The summed E-state index contributed by atoms with van der Waals surface area (Å²) in [5.74, 6) is 0.264. The summed E-state index contributed by atoms with van der Waals surface area (Å²) in [4.78, 5) is 14.3. The topological polar surface area (TPSA) is 29.4 Å². The van der Waals surface area contributed by atoms with E-state index in [4.69, 9.17) is 0 Å². The van der Waals surface area contributed by atoms with E-state index in [2.05, 4.69) is 11.1 Å². The van der Waals surface area contributed by atoms with Gasteiger partial charge in [-0.1, -0.05) is 11.6 Å². The third-order valence-corrected chi connectivity index (χ3v) is 1.37. The second-order valence-corrected chi connectivity index (χ2v) is 2.78. The predicted octanol–water partition coefficient (Wildman–Crippen LogP) is 1.57. The summed E-state index contributed by atoms with van der Waals surface area (Å²) in [6.45, 7) is 4.05. The van der Waals surface area contributed by atoms with Gasteiger partial charge < -0.3 is 0 Å². The highest BCUT2D eigenvalue weighted by Gasteiger charge is 2.14. The quantitative estimate of drug-likeness (QED) is 0.504. The third kappa shape index (κ3) is 1.79. The van der Waals surface area contributed by atoms with Crippen LogP contribution in [-0.2, 0) is 4.79 Å². The van der Waals surface area contributed by atoms with Crippen LogP contribution in [0.15, 0.2) is 16.6 Å². The maximum absolute atomic E-state index is 10.6. The maximum atomic E-state index is 10.6. The molecule has 0 aromatic heterocycles. The minimum atomic E-state index is 0.00231. The van der Waals surface area contributed by atoms with Crippen molar-refractivity contribution in [3.8, 4) is 0 Å². The van der Waals surface area contributed by atoms with Gasteiger partial charge in [0.05, 0.1) is 0 Å². The highest BCUT2D eigenvalue weighted by atomic mass is 16.1. The van der Waals surface area contributed by atoms with Crippen molar-refractivity contribution < 1.29 is 4.79 Å². The molecule has 0 saturated carbocycles. The molecule has 0 radical (unpaired) electrons. The van der Waals surface area contributed by atoms with Crippen LogP contribution >= 0.6 is 0 Å². The highest BCUT2D eigenvalue weighted by molar-refractivity contribution is 5.93. The van der Waals surface area contributed by atoms with E-state index in [9.17, 15) is 4.79 Å². The van der Waals surface area contributed by atoms with Crippen molar-refractivity contribution in [1.82, 2.24) is 0 Å². The van der Waals surface area contributed by atoms with E-state index >= 15 is 0 Å². The predicted molar refractivity (Wildman–Crippen MR) is 41.0 cm³/mol. The first-order valence-corrected chi connectivity index (χ1v) is 3.40. The van der Waals surface area contributed by atoms with Gasteiger partial charge in [-0.2, -0.15) is 0 Å². The fraction of sp³-hybridized carbons (Fsp3) is 0.500. The minimum Gasteiger partial charge on any atom is -0.273 e. The zero-order valence-corrected chi connectivity index (χ0v) is 6.29. The van der Waals surface area contributed by atoms with Gasteiger partial charge in [0.15, 0.2) is 0 Å². The number of nitrogens with zero attached hydrogens (tertiary/aromatic N) is 1. The summed E-state index contributed by atoms with van der Waals surface area (Å²) in [6, 6.07) is 0. The molecule has 1 atom stereocenters. The third-order valence-electron chi connectivity index (χ3n) is 1.37. The van der Waals surface area contributed by atoms with E-state index in [0.29, 0.717) is 6.42 Å². The molecular formula is C8H11NO. The first-order valence-electron chi connectivity index (χ1n) is 3.40. The molecule has 2 heteroatoms. The molecule has 1 aliphatic heterocycles. The first kappa shape index (κ1) is 7.19. The molecule has 10 heavy (non-hydrogen) atoms. The summed E-state index contributed by atoms with van der Waals surface area (Å²) >= 11 is 0. The lowest BCUT2D eigenvalue weighted by molar-refractivity contribution is -0.117. The van der Waals surface area contributed by atoms with Crippen LogP contribution in [0.3, 0.4) is 0 Å². The van der Waals surface area contributed by atoms with E-state index in [0.717, 1.165) is 0 Å². The Hall–Kier alpha value is -0.920. The Balaban J connectivity index is 2.55. The van der Waals surface area contributed by atoms with Gasteiger partial charge in [-0.3, -0.25) is 4.79 Å². The summed E-state index contributed by atoms with van der Waals surface area (Å²) < 4.78 is 0. The molecule has 1 rings (SSSR count). The minimum absolute atomic E-state index is 0.00231. The number of allylic oxidation sites excluding steroid dienone is 2. The molecule has 0 bridgehead atoms. The first-order chi connectivity index (χ1) is 4.68. The Kier molecular flexibility index (Phi) is 2.00. The summed E-state index contributed by atoms with van der Waals surface area (Å²) in [7, 11) is 0. The van der Waals surface area contributed by atoms with Crippen LogP contribution < -0.4 is 0 Å². The molecule has 0 aliphatic carbocycles. The Morgan fingerprint density at radius 2 is 2.50 bits per heavy atom. The van der Waals surface area contributed by atoms with Gasteiger partial charge in [-0.15, -0.1) is 0 Å². The van der Waals surface area contributed by atoms with Crippen LogP contribution in [0.1, 0.15) is 20.3 Å². The second-order valence-electron chi connectivity index (χ2n) is 2.78. The van der Waals surface area contributed by atoms with Crippen LogP contribution in [0.4, 0.5) is 0 Å². The Bertz CT molecular complexity index is 199. The molecule has 54 valence electrons. The van der Waals surface area contributed by atoms with Crippen molar-refractivity contribution in [2.45, 2.75) is 20.3 Å². The van der Waals surface area contributed by atoms with E-state index < -0.39 is 0 Å². The van der Waals surface area contributed by atoms with Crippen molar-refractivity contribution in [3.63, 3.8) is 0 Å². The van der Waals surface area contributed by atoms with Crippen molar-refractivity contribution in [1.29, 1.82) is 0 Å². The average Bonchev–Trinajstić information content (AvgIpc) is 2.13. The number of hydrogen-bond donors (Lipinski definition) is 0. The van der Waals surface area contributed by atoms with Crippen molar-refractivity contribution >= 4 is 12.1 Å². The molecule has 0 saturated heterocycles. The maximum Gasteiger partial charge on any atom is 0.246 e. The molecule has 0 fully saturated rings. The van der Waals surface area contributed by atoms with Gasteiger partial charge >= 0.3 is 0 Å². The van der Waals surface area contributed by atoms with Crippen LogP contribution in [0.2, 0.25) is 0 Å². The van der Waals surface area contributed by atoms with E-state index in [1.54, 1.807) is 6.21 Å². The SMILES string of the molecule is CC(C)=C[C@@H]1C=NC(=O)C1. The molecule has 2 nitrogen and oxygen atoms in total. The number of aliphatic imine (C=N–C) groups is 1. The van der Waals surface area contributed by atoms with Gasteiger partial charge in [0.25, 0.3) is 0 Å². The summed E-state index contributed by atoms with van der Waals surface area (Å²) in [5, 5.41) is 0. The van der Waals surface area contributed by atoms with Crippen molar-refractivity contribution in [2.24, 2.45) is 10.9 Å². The fourth-order valence-corrected chi connectivity index (χ4v) is 1.02. The van der Waals surface area contributed by atoms with E-state index in [-0.39, 0.29) is 11.8 Å². The summed E-state index contributed by atoms with van der Waals surface area (Å²) in [5.41, 5.74) is 1.24. The molecule has 0 N–H and O–H groups in total. The molecule has 1 amide bonds. The molecular weight excluding hydrogens is 126 g/mol. The van der Waals surface area contributed by atoms with Crippen molar-refractivity contribution in [2.75, 3.05) is 0 Å². The lowest BCUT2D eigenvalue weighted by Crippen LogP contribution is -1.94. The standard InChI is InChI=1S/C8H11NO/c1-6(2)3-7-4-8(10)9-5-7/h3,5,7H,4H2,1-2H3/t7-/m0/s1. The second kappa shape index (κ2) is 2.78.